The molecule has 0 saturated carbocycles. The van der Waals surface area contributed by atoms with Crippen molar-refractivity contribution in [3.8, 4) is 27.9 Å². The standard InChI is InChI=1S/C60H36N2OS2/c1-7-27-49-40(18-1)41-19-2-8-28-50(41)61(49)38-17-13-16-37(36-38)39-34-35-52(57-48-23-6-12-33-56(48)65-60(39)57)62(53-30-15-26-47-44-22-5-11-32-55(44)64-59(47)53)51-29-9-3-20-42(51)45-24-14-25-46-43-21-4-10-31-54(43)63-58(45)46/h1-36H. The van der Waals surface area contributed by atoms with Crippen LogP contribution in [0.4, 0.5) is 17.1 Å². The second-order valence-electron chi connectivity index (χ2n) is 16.7. The van der Waals surface area contributed by atoms with Gasteiger partial charge in [0.2, 0.25) is 0 Å². The molecule has 14 rings (SSSR count). The summed E-state index contributed by atoms with van der Waals surface area (Å²) in [4.78, 5) is 2.54. The maximum atomic E-state index is 6.74. The van der Waals surface area contributed by atoms with E-state index in [1.165, 1.54) is 73.3 Å². The first-order valence-corrected chi connectivity index (χ1v) is 23.6. The van der Waals surface area contributed by atoms with E-state index in [0.717, 1.165) is 55.8 Å². The summed E-state index contributed by atoms with van der Waals surface area (Å²) in [6.45, 7) is 0. The lowest BCUT2D eigenvalue weighted by Gasteiger charge is -2.29. The van der Waals surface area contributed by atoms with E-state index in [0.29, 0.717) is 0 Å². The van der Waals surface area contributed by atoms with Crippen LogP contribution in [0.2, 0.25) is 0 Å². The molecule has 3 nitrogen and oxygen atoms in total. The number of fused-ring (bicyclic) bond motifs is 12. The summed E-state index contributed by atoms with van der Waals surface area (Å²) < 4.78 is 14.2. The van der Waals surface area contributed by atoms with Crippen molar-refractivity contribution in [3.63, 3.8) is 0 Å². The highest BCUT2D eigenvalue weighted by molar-refractivity contribution is 7.27. The predicted molar refractivity (Wildman–Crippen MR) is 279 cm³/mol. The first-order chi connectivity index (χ1) is 32.3. The molecular formula is C60H36N2OS2. The molecular weight excluding hydrogens is 829 g/mol. The fourth-order valence-electron chi connectivity index (χ4n) is 10.4. The van der Waals surface area contributed by atoms with E-state index < -0.39 is 0 Å². The largest absolute Gasteiger partial charge is 0.455 e. The van der Waals surface area contributed by atoms with Gasteiger partial charge < -0.3 is 13.9 Å². The van der Waals surface area contributed by atoms with Crippen molar-refractivity contribution in [2.45, 2.75) is 0 Å². The minimum atomic E-state index is 0.892. The number of furan rings is 1. The Morgan fingerprint density at radius 3 is 1.78 bits per heavy atom. The minimum absolute atomic E-state index is 0.892. The molecule has 0 N–H and O–H groups in total. The van der Waals surface area contributed by atoms with E-state index >= 15 is 0 Å². The molecule has 0 aliphatic heterocycles. The Morgan fingerprint density at radius 2 is 0.954 bits per heavy atom. The first-order valence-electron chi connectivity index (χ1n) is 22.0. The molecule has 0 saturated heterocycles. The van der Waals surface area contributed by atoms with Crippen LogP contribution in [0, 0.1) is 0 Å². The predicted octanol–water partition coefficient (Wildman–Crippen LogP) is 18.2. The zero-order valence-electron chi connectivity index (χ0n) is 34.9. The summed E-state index contributed by atoms with van der Waals surface area (Å²) in [5.41, 5.74) is 13.3. The van der Waals surface area contributed by atoms with Gasteiger partial charge in [0.15, 0.2) is 0 Å². The number of benzene rings is 10. The van der Waals surface area contributed by atoms with Crippen molar-refractivity contribution < 1.29 is 4.42 Å². The molecule has 65 heavy (non-hydrogen) atoms. The van der Waals surface area contributed by atoms with Crippen molar-refractivity contribution >= 4 is 124 Å². The van der Waals surface area contributed by atoms with Crippen molar-refractivity contribution in [2.75, 3.05) is 4.90 Å². The van der Waals surface area contributed by atoms with Crippen LogP contribution in [-0.4, -0.2) is 4.57 Å². The highest BCUT2D eigenvalue weighted by Crippen LogP contribution is 2.53. The van der Waals surface area contributed by atoms with E-state index in [2.05, 4.69) is 222 Å². The molecule has 14 aromatic rings. The van der Waals surface area contributed by atoms with Gasteiger partial charge in [0.1, 0.15) is 11.2 Å². The summed E-state index contributed by atoms with van der Waals surface area (Å²) in [7, 11) is 0. The van der Waals surface area contributed by atoms with Gasteiger partial charge in [-0.05, 0) is 71.8 Å². The molecule has 0 amide bonds. The van der Waals surface area contributed by atoms with Gasteiger partial charge in [0, 0.05) is 74.0 Å². The molecule has 0 atom stereocenters. The quantitative estimate of drug-likeness (QED) is 0.166. The third kappa shape index (κ3) is 5.47. The smallest absolute Gasteiger partial charge is 0.143 e. The zero-order valence-corrected chi connectivity index (χ0v) is 36.5. The molecule has 0 aliphatic carbocycles. The Kier molecular flexibility index (Phi) is 8.02. The third-order valence-corrected chi connectivity index (χ3v) is 15.6. The summed E-state index contributed by atoms with van der Waals surface area (Å²) in [5, 5.41) is 9.77. The summed E-state index contributed by atoms with van der Waals surface area (Å²) in [5.74, 6) is 0. The van der Waals surface area contributed by atoms with Gasteiger partial charge >= 0.3 is 0 Å². The molecule has 10 aromatic carbocycles. The normalized spacial score (nSPS) is 12.0. The summed E-state index contributed by atoms with van der Waals surface area (Å²) in [6.07, 6.45) is 0. The monoisotopic (exact) mass is 864 g/mol. The van der Waals surface area contributed by atoms with Crippen LogP contribution in [-0.2, 0) is 0 Å². The lowest BCUT2D eigenvalue weighted by molar-refractivity contribution is 0.670. The highest BCUT2D eigenvalue weighted by atomic mass is 32.1. The van der Waals surface area contributed by atoms with Crippen LogP contribution in [0.15, 0.2) is 223 Å². The second-order valence-corrected chi connectivity index (χ2v) is 18.8. The number of thiophene rings is 2. The Labute approximate surface area is 381 Å². The Balaban J connectivity index is 1.05. The molecule has 0 fully saturated rings. The van der Waals surface area contributed by atoms with E-state index in [1.807, 2.05) is 28.7 Å². The molecule has 4 heterocycles. The highest BCUT2D eigenvalue weighted by Gasteiger charge is 2.26. The van der Waals surface area contributed by atoms with E-state index in [1.54, 1.807) is 0 Å². The van der Waals surface area contributed by atoms with Gasteiger partial charge in [-0.2, -0.15) is 0 Å². The van der Waals surface area contributed by atoms with Crippen molar-refractivity contribution in [2.24, 2.45) is 0 Å². The number of nitrogens with zero attached hydrogens (tertiary/aromatic N) is 2. The van der Waals surface area contributed by atoms with Gasteiger partial charge in [0.05, 0.1) is 32.8 Å². The topological polar surface area (TPSA) is 21.3 Å². The molecule has 0 aliphatic rings. The lowest BCUT2D eigenvalue weighted by atomic mass is 9.97. The Morgan fingerprint density at radius 1 is 0.369 bits per heavy atom. The van der Waals surface area contributed by atoms with Gasteiger partial charge in [-0.25, -0.2) is 0 Å². The van der Waals surface area contributed by atoms with Crippen molar-refractivity contribution in [3.05, 3.63) is 218 Å². The molecule has 0 radical (unpaired) electrons. The number of hydrogen-bond acceptors (Lipinski definition) is 4. The second kappa shape index (κ2) is 14.3. The summed E-state index contributed by atoms with van der Waals surface area (Å²) in [6, 6.07) is 79.6. The molecule has 4 aromatic heterocycles. The van der Waals surface area contributed by atoms with Crippen LogP contribution in [0.3, 0.4) is 0 Å². The van der Waals surface area contributed by atoms with Crippen LogP contribution in [0.5, 0.6) is 0 Å². The van der Waals surface area contributed by atoms with E-state index in [-0.39, 0.29) is 0 Å². The molecule has 304 valence electrons. The number of aromatic nitrogens is 1. The number of anilines is 3. The summed E-state index contributed by atoms with van der Waals surface area (Å²) >= 11 is 3.75. The fraction of sp³-hybridized carbons (Fsp3) is 0. The van der Waals surface area contributed by atoms with Crippen LogP contribution >= 0.6 is 22.7 Å². The lowest BCUT2D eigenvalue weighted by Crippen LogP contribution is -2.12. The fourth-order valence-corrected chi connectivity index (χ4v) is 12.9. The van der Waals surface area contributed by atoms with Gasteiger partial charge in [-0.3, -0.25) is 0 Å². The number of rotatable bonds is 6. The maximum absolute atomic E-state index is 6.74. The van der Waals surface area contributed by atoms with Gasteiger partial charge in [-0.1, -0.05) is 158 Å². The Hall–Kier alpha value is -7.96. The van der Waals surface area contributed by atoms with Gasteiger partial charge in [0.25, 0.3) is 0 Å². The van der Waals surface area contributed by atoms with E-state index in [9.17, 15) is 0 Å². The number of hydrogen-bond donors (Lipinski definition) is 0. The van der Waals surface area contributed by atoms with Crippen LogP contribution in [0.25, 0.3) is 112 Å². The minimum Gasteiger partial charge on any atom is -0.455 e. The van der Waals surface area contributed by atoms with Gasteiger partial charge in [-0.15, -0.1) is 22.7 Å². The number of para-hydroxylation sites is 5. The SMILES string of the molecule is c1cc(-c2ccc(N(c3ccccc3-c3cccc4c3oc3ccccc34)c3cccc4c3sc3ccccc34)c3c2sc2ccccc23)cc(-n2c3ccccc3c3ccccc32)c1. The molecule has 0 bridgehead atoms. The molecule has 5 heteroatoms. The molecule has 0 unspecified atom stereocenters. The maximum Gasteiger partial charge on any atom is 0.143 e. The van der Waals surface area contributed by atoms with E-state index in [4.69, 9.17) is 4.42 Å². The molecule has 0 spiro atoms. The average molecular weight is 865 g/mol. The third-order valence-electron chi connectivity index (χ3n) is 13.2. The van der Waals surface area contributed by atoms with Crippen LogP contribution < -0.4 is 4.90 Å². The Bertz CT molecular complexity index is 4170. The average Bonchev–Trinajstić information content (AvgIpc) is 4.14. The van der Waals surface area contributed by atoms with Crippen LogP contribution in [0.1, 0.15) is 0 Å². The van der Waals surface area contributed by atoms with Crippen molar-refractivity contribution in [1.29, 1.82) is 0 Å². The first kappa shape index (κ1) is 36.5. The van der Waals surface area contributed by atoms with Crippen molar-refractivity contribution in [1.82, 2.24) is 4.57 Å². The zero-order chi connectivity index (χ0) is 42.6.